The highest BCUT2D eigenvalue weighted by Crippen LogP contribution is 2.25. The lowest BCUT2D eigenvalue weighted by Gasteiger charge is -2.43. The molecule has 2 fully saturated rings. The highest BCUT2D eigenvalue weighted by Gasteiger charge is 2.30. The van der Waals surface area contributed by atoms with Crippen molar-refractivity contribution in [2.24, 2.45) is 0 Å². The third-order valence-corrected chi connectivity index (χ3v) is 6.54. The van der Waals surface area contributed by atoms with Gasteiger partial charge in [-0.05, 0) is 56.5 Å². The zero-order valence-electron chi connectivity index (χ0n) is 18.4. The van der Waals surface area contributed by atoms with Crippen LogP contribution < -0.4 is 4.90 Å². The second-order valence-corrected chi connectivity index (χ2v) is 8.20. The zero-order valence-corrected chi connectivity index (χ0v) is 18.4. The number of nitrogens with zero attached hydrogens (tertiary/aromatic N) is 5. The molecule has 0 aliphatic carbocycles. The van der Waals surface area contributed by atoms with Gasteiger partial charge >= 0.3 is 0 Å². The average Bonchev–Trinajstić information content (AvgIpc) is 3.18. The summed E-state index contributed by atoms with van der Waals surface area (Å²) in [6, 6.07) is 5.50. The normalized spacial score (nSPS) is 18.7. The zero-order chi connectivity index (χ0) is 21.1. The number of ether oxygens (including phenoxy) is 1. The molecule has 0 radical (unpaired) electrons. The Balaban J connectivity index is 1.43. The molecule has 2 aliphatic rings. The molecule has 2 aromatic rings. The van der Waals surface area contributed by atoms with Gasteiger partial charge in [0, 0.05) is 25.3 Å². The molecule has 6 heteroatoms. The summed E-state index contributed by atoms with van der Waals surface area (Å²) in [5.74, 6) is 0.846. The number of hydrogen-bond acceptors (Lipinski definition) is 5. The van der Waals surface area contributed by atoms with Gasteiger partial charge in [-0.2, -0.15) is 5.10 Å². The Hall–Kier alpha value is -2.44. The van der Waals surface area contributed by atoms with E-state index in [9.17, 15) is 0 Å². The molecular formula is C24H33N5O. The molecule has 0 unspecified atom stereocenters. The molecule has 6 nitrogen and oxygen atoms in total. The highest BCUT2D eigenvalue weighted by atomic mass is 16.5. The van der Waals surface area contributed by atoms with Crippen molar-refractivity contribution < 1.29 is 4.74 Å². The van der Waals surface area contributed by atoms with E-state index in [4.69, 9.17) is 14.8 Å². The lowest BCUT2D eigenvalue weighted by Crippen LogP contribution is -2.54. The van der Waals surface area contributed by atoms with Crippen molar-refractivity contribution in [3.63, 3.8) is 0 Å². The first-order valence-electron chi connectivity index (χ1n) is 11.0. The maximum Gasteiger partial charge on any atom is 0.153 e. The van der Waals surface area contributed by atoms with Crippen molar-refractivity contribution in [3.8, 4) is 5.82 Å². The van der Waals surface area contributed by atoms with E-state index >= 15 is 0 Å². The van der Waals surface area contributed by atoms with E-state index < -0.39 is 0 Å². The summed E-state index contributed by atoms with van der Waals surface area (Å²) in [4.78, 5) is 9.68. The summed E-state index contributed by atoms with van der Waals surface area (Å²) < 4.78 is 7.23. The number of anilines is 1. The lowest BCUT2D eigenvalue weighted by atomic mass is 10.0. The molecule has 4 rings (SSSR count). The standard InChI is InChI=1S/C24H33N5O/c1-5-18(6-2)24-19(7-3)15-29(26-24)23-9-8-21(14-25-23)28-12-10-20(11-13-28)27(4)22-16-30-17-22/h5-6,8-9,14-15,20,22H,1,7,10-13,16-17H2,2-4H3/b18-6+. The maximum absolute atomic E-state index is 5.35. The number of pyridine rings is 1. The molecular weight excluding hydrogens is 374 g/mol. The fourth-order valence-corrected chi connectivity index (χ4v) is 4.37. The minimum Gasteiger partial charge on any atom is -0.378 e. The summed E-state index contributed by atoms with van der Waals surface area (Å²) >= 11 is 0. The molecule has 0 amide bonds. The summed E-state index contributed by atoms with van der Waals surface area (Å²) in [5.41, 5.74) is 4.44. The number of aryl methyl sites for hydroxylation is 1. The van der Waals surface area contributed by atoms with Crippen LogP contribution in [0.3, 0.4) is 0 Å². The van der Waals surface area contributed by atoms with E-state index in [1.165, 1.54) is 24.1 Å². The van der Waals surface area contributed by atoms with Gasteiger partial charge in [-0.3, -0.25) is 4.90 Å². The van der Waals surface area contributed by atoms with E-state index in [1.807, 2.05) is 23.9 Å². The molecule has 0 atom stereocenters. The van der Waals surface area contributed by atoms with Crippen LogP contribution in [0.2, 0.25) is 0 Å². The Bertz CT molecular complexity index is 889. The molecule has 0 spiro atoms. The quantitative estimate of drug-likeness (QED) is 0.655. The van der Waals surface area contributed by atoms with Gasteiger partial charge in [-0.25, -0.2) is 9.67 Å². The molecule has 30 heavy (non-hydrogen) atoms. The lowest BCUT2D eigenvalue weighted by molar-refractivity contribution is -0.0718. The number of aromatic nitrogens is 3. The van der Waals surface area contributed by atoms with E-state index in [-0.39, 0.29) is 0 Å². The van der Waals surface area contributed by atoms with Crippen molar-refractivity contribution in [1.29, 1.82) is 0 Å². The molecule has 0 saturated carbocycles. The summed E-state index contributed by atoms with van der Waals surface area (Å²) in [5, 5.41) is 4.78. The molecule has 160 valence electrons. The topological polar surface area (TPSA) is 46.4 Å². The van der Waals surface area contributed by atoms with Gasteiger partial charge in [0.05, 0.1) is 36.8 Å². The summed E-state index contributed by atoms with van der Waals surface area (Å²) in [7, 11) is 2.25. The molecule has 2 saturated heterocycles. The second-order valence-electron chi connectivity index (χ2n) is 8.20. The van der Waals surface area contributed by atoms with Crippen LogP contribution in [0, 0.1) is 0 Å². The van der Waals surface area contributed by atoms with Gasteiger partial charge in [0.1, 0.15) is 0 Å². The Morgan fingerprint density at radius 3 is 2.57 bits per heavy atom. The van der Waals surface area contributed by atoms with Crippen molar-refractivity contribution >= 4 is 11.3 Å². The monoisotopic (exact) mass is 407 g/mol. The molecule has 0 bridgehead atoms. The van der Waals surface area contributed by atoms with Gasteiger partial charge < -0.3 is 9.64 Å². The van der Waals surface area contributed by atoms with Crippen molar-refractivity contribution in [1.82, 2.24) is 19.7 Å². The Morgan fingerprint density at radius 2 is 2.03 bits per heavy atom. The average molecular weight is 408 g/mol. The van der Waals surface area contributed by atoms with Gasteiger partial charge in [-0.15, -0.1) is 0 Å². The smallest absolute Gasteiger partial charge is 0.153 e. The van der Waals surface area contributed by atoms with Crippen molar-refractivity contribution in [2.45, 2.75) is 45.2 Å². The Kier molecular flexibility index (Phi) is 6.35. The molecule has 0 N–H and O–H groups in total. The van der Waals surface area contributed by atoms with E-state index in [0.29, 0.717) is 12.1 Å². The molecule has 2 aliphatic heterocycles. The fraction of sp³-hybridized carbons (Fsp3) is 0.500. The molecule has 4 heterocycles. The van der Waals surface area contributed by atoms with E-state index in [2.05, 4.69) is 54.8 Å². The van der Waals surface area contributed by atoms with Crippen molar-refractivity contribution in [3.05, 3.63) is 54.5 Å². The third-order valence-electron chi connectivity index (χ3n) is 6.54. The van der Waals surface area contributed by atoms with Crippen LogP contribution >= 0.6 is 0 Å². The minimum absolute atomic E-state index is 0.610. The largest absolute Gasteiger partial charge is 0.378 e. The first-order chi connectivity index (χ1) is 14.6. The fourth-order valence-electron chi connectivity index (χ4n) is 4.37. The highest BCUT2D eigenvalue weighted by molar-refractivity contribution is 5.72. The van der Waals surface area contributed by atoms with Crippen LogP contribution in [0.4, 0.5) is 5.69 Å². The van der Waals surface area contributed by atoms with E-state index in [0.717, 1.165) is 49.8 Å². The van der Waals surface area contributed by atoms with Gasteiger partial charge in [0.15, 0.2) is 5.82 Å². The molecule has 2 aromatic heterocycles. The van der Waals surface area contributed by atoms with Crippen LogP contribution in [0.5, 0.6) is 0 Å². The molecule has 0 aromatic carbocycles. The second kappa shape index (κ2) is 9.14. The minimum atomic E-state index is 0.610. The van der Waals surface area contributed by atoms with Gasteiger partial charge in [0.25, 0.3) is 0 Å². The van der Waals surface area contributed by atoms with Crippen molar-refractivity contribution in [2.75, 3.05) is 38.3 Å². The van der Waals surface area contributed by atoms with E-state index in [1.54, 1.807) is 0 Å². The number of allylic oxidation sites excluding steroid dienone is 3. The summed E-state index contributed by atoms with van der Waals surface area (Å²) in [6.45, 7) is 12.0. The van der Waals surface area contributed by atoms with Gasteiger partial charge in [0.2, 0.25) is 0 Å². The van der Waals surface area contributed by atoms with Crippen LogP contribution in [0.1, 0.15) is 37.9 Å². The Morgan fingerprint density at radius 1 is 1.27 bits per heavy atom. The van der Waals surface area contributed by atoms with Crippen LogP contribution in [-0.4, -0.2) is 65.1 Å². The number of likely N-dealkylation sites (N-methyl/N-ethyl adjacent to an activating group) is 1. The van der Waals surface area contributed by atoms with Crippen LogP contribution in [0.15, 0.2) is 43.3 Å². The Labute approximate surface area is 179 Å². The predicted molar refractivity (Wildman–Crippen MR) is 122 cm³/mol. The number of piperidine rings is 1. The third kappa shape index (κ3) is 4.07. The maximum atomic E-state index is 5.35. The predicted octanol–water partition coefficient (Wildman–Crippen LogP) is 3.72. The first-order valence-corrected chi connectivity index (χ1v) is 11.0. The van der Waals surface area contributed by atoms with Crippen LogP contribution in [0.25, 0.3) is 11.4 Å². The number of hydrogen-bond donors (Lipinski definition) is 0. The van der Waals surface area contributed by atoms with Crippen LogP contribution in [-0.2, 0) is 11.2 Å². The number of rotatable bonds is 7. The SMILES string of the molecule is C=C/C(=C\C)c1nn(-c2ccc(N3CCC(N(C)C4COC4)CC3)cn2)cc1CC. The summed E-state index contributed by atoms with van der Waals surface area (Å²) in [6.07, 6.45) is 11.3. The first kappa shape index (κ1) is 20.8. The van der Waals surface area contributed by atoms with Gasteiger partial charge in [-0.1, -0.05) is 25.7 Å².